The molecule has 20 heavy (non-hydrogen) atoms. The lowest BCUT2D eigenvalue weighted by atomic mass is 10.4. The average molecular weight is 334 g/mol. The Morgan fingerprint density at radius 1 is 1.30 bits per heavy atom. The number of anilines is 1. The van der Waals surface area contributed by atoms with E-state index in [1.165, 1.54) is 17.1 Å². The maximum atomic E-state index is 11.8. The van der Waals surface area contributed by atoms with Crippen LogP contribution < -0.4 is 5.32 Å². The molecule has 100 valence electrons. The SMILES string of the molecule is O=C(Nc1cnc(-n2cccn2)nc1)c1ccc(Br)o1. The zero-order chi connectivity index (χ0) is 13.9. The Morgan fingerprint density at radius 3 is 2.70 bits per heavy atom. The van der Waals surface area contributed by atoms with Crippen LogP contribution in [-0.4, -0.2) is 25.7 Å². The van der Waals surface area contributed by atoms with Crippen molar-refractivity contribution in [2.75, 3.05) is 5.32 Å². The van der Waals surface area contributed by atoms with Gasteiger partial charge in [-0.15, -0.1) is 0 Å². The molecule has 0 aliphatic heterocycles. The second-order valence-electron chi connectivity index (χ2n) is 3.78. The number of rotatable bonds is 3. The molecule has 8 heteroatoms. The highest BCUT2D eigenvalue weighted by Gasteiger charge is 2.11. The van der Waals surface area contributed by atoms with Crippen molar-refractivity contribution in [1.29, 1.82) is 0 Å². The molecule has 1 N–H and O–H groups in total. The molecule has 3 rings (SSSR count). The molecular weight excluding hydrogens is 326 g/mol. The fourth-order valence-electron chi connectivity index (χ4n) is 1.52. The maximum Gasteiger partial charge on any atom is 0.291 e. The Kier molecular flexibility index (Phi) is 3.30. The average Bonchev–Trinajstić information content (AvgIpc) is 3.10. The normalized spacial score (nSPS) is 10.4. The van der Waals surface area contributed by atoms with Crippen molar-refractivity contribution in [2.45, 2.75) is 0 Å². The summed E-state index contributed by atoms with van der Waals surface area (Å²) in [7, 11) is 0. The quantitative estimate of drug-likeness (QED) is 0.794. The van der Waals surface area contributed by atoms with E-state index in [1.54, 1.807) is 30.6 Å². The Bertz CT molecular complexity index is 721. The summed E-state index contributed by atoms with van der Waals surface area (Å²) in [6.45, 7) is 0. The van der Waals surface area contributed by atoms with Gasteiger partial charge in [-0.05, 0) is 34.1 Å². The second-order valence-corrected chi connectivity index (χ2v) is 4.56. The molecule has 3 aromatic rings. The summed E-state index contributed by atoms with van der Waals surface area (Å²) < 4.78 is 7.17. The predicted molar refractivity (Wildman–Crippen MR) is 73.5 cm³/mol. The van der Waals surface area contributed by atoms with E-state index < -0.39 is 0 Å². The molecule has 0 atom stereocenters. The lowest BCUT2D eigenvalue weighted by Gasteiger charge is -2.03. The summed E-state index contributed by atoms with van der Waals surface area (Å²) in [6.07, 6.45) is 6.36. The number of halogens is 1. The number of nitrogens with one attached hydrogen (secondary N) is 1. The topological polar surface area (TPSA) is 85.8 Å². The van der Waals surface area contributed by atoms with E-state index in [0.717, 1.165) is 0 Å². The molecule has 0 saturated carbocycles. The first-order valence-corrected chi connectivity index (χ1v) is 6.40. The minimum Gasteiger partial charge on any atom is -0.444 e. The summed E-state index contributed by atoms with van der Waals surface area (Å²) in [5.41, 5.74) is 0.471. The number of carbonyl (C=O) groups is 1. The third-order valence-corrected chi connectivity index (χ3v) is 2.83. The van der Waals surface area contributed by atoms with Crippen LogP contribution in [0.15, 0.2) is 52.1 Å². The van der Waals surface area contributed by atoms with E-state index >= 15 is 0 Å². The Labute approximate surface area is 121 Å². The van der Waals surface area contributed by atoms with Gasteiger partial charge in [0.05, 0.1) is 18.1 Å². The molecule has 0 aromatic carbocycles. The van der Waals surface area contributed by atoms with Crippen LogP contribution in [0, 0.1) is 0 Å². The molecule has 7 nitrogen and oxygen atoms in total. The van der Waals surface area contributed by atoms with Gasteiger partial charge in [0.25, 0.3) is 11.9 Å². The lowest BCUT2D eigenvalue weighted by Crippen LogP contribution is -2.12. The number of aromatic nitrogens is 4. The van der Waals surface area contributed by atoms with Crippen LogP contribution >= 0.6 is 15.9 Å². The summed E-state index contributed by atoms with van der Waals surface area (Å²) in [6, 6.07) is 4.98. The first-order valence-electron chi connectivity index (χ1n) is 5.61. The van der Waals surface area contributed by atoms with Crippen molar-refractivity contribution in [3.63, 3.8) is 0 Å². The second kappa shape index (κ2) is 5.25. The largest absolute Gasteiger partial charge is 0.444 e. The van der Waals surface area contributed by atoms with Crippen LogP contribution in [0.5, 0.6) is 0 Å². The third-order valence-electron chi connectivity index (χ3n) is 2.40. The lowest BCUT2D eigenvalue weighted by molar-refractivity contribution is 0.0995. The van der Waals surface area contributed by atoms with Gasteiger partial charge in [0.1, 0.15) is 0 Å². The smallest absolute Gasteiger partial charge is 0.291 e. The number of hydrogen-bond donors (Lipinski definition) is 1. The highest BCUT2D eigenvalue weighted by atomic mass is 79.9. The van der Waals surface area contributed by atoms with Gasteiger partial charge >= 0.3 is 0 Å². The Hall–Kier alpha value is -2.48. The molecule has 0 aliphatic rings. The minimum atomic E-state index is -0.369. The van der Waals surface area contributed by atoms with Gasteiger partial charge in [-0.1, -0.05) is 0 Å². The van der Waals surface area contributed by atoms with E-state index in [0.29, 0.717) is 16.3 Å². The zero-order valence-corrected chi connectivity index (χ0v) is 11.6. The minimum absolute atomic E-state index is 0.202. The van der Waals surface area contributed by atoms with E-state index in [4.69, 9.17) is 4.42 Å². The van der Waals surface area contributed by atoms with Crippen molar-refractivity contribution in [2.24, 2.45) is 0 Å². The molecule has 3 heterocycles. The molecule has 3 aromatic heterocycles. The Balaban J connectivity index is 1.74. The summed E-state index contributed by atoms with van der Waals surface area (Å²) in [5, 5.41) is 6.65. The first kappa shape index (κ1) is 12.5. The third kappa shape index (κ3) is 2.59. The molecule has 0 saturated heterocycles. The number of carbonyl (C=O) groups excluding carboxylic acids is 1. The fraction of sp³-hybridized carbons (Fsp3) is 0. The first-order chi connectivity index (χ1) is 9.72. The van der Waals surface area contributed by atoms with Gasteiger partial charge in [0, 0.05) is 12.4 Å². The van der Waals surface area contributed by atoms with Crippen molar-refractivity contribution >= 4 is 27.5 Å². The van der Waals surface area contributed by atoms with Crippen LogP contribution in [0.1, 0.15) is 10.6 Å². The summed E-state index contributed by atoms with van der Waals surface area (Å²) in [5.74, 6) is 0.257. The van der Waals surface area contributed by atoms with E-state index in [1.807, 2.05) is 0 Å². The molecule has 0 unspecified atom stereocenters. The zero-order valence-electron chi connectivity index (χ0n) is 10.0. The number of furan rings is 1. The predicted octanol–water partition coefficient (Wildman–Crippen LogP) is 2.27. The van der Waals surface area contributed by atoms with Gasteiger partial charge < -0.3 is 9.73 Å². The molecule has 0 radical (unpaired) electrons. The van der Waals surface area contributed by atoms with E-state index in [-0.39, 0.29) is 11.7 Å². The standard InChI is InChI=1S/C12H8BrN5O2/c13-10-3-2-9(20-10)11(19)17-8-6-14-12(15-7-8)18-5-1-4-16-18/h1-7H,(H,17,19). The van der Waals surface area contributed by atoms with E-state index in [2.05, 4.69) is 36.3 Å². The summed E-state index contributed by atoms with van der Waals surface area (Å²) >= 11 is 3.14. The van der Waals surface area contributed by atoms with Crippen LogP contribution in [0.2, 0.25) is 0 Å². The molecular formula is C12H8BrN5O2. The summed E-state index contributed by atoms with van der Waals surface area (Å²) in [4.78, 5) is 20.1. The van der Waals surface area contributed by atoms with Gasteiger partial charge in [0.15, 0.2) is 10.4 Å². The molecule has 0 bridgehead atoms. The molecule has 0 fully saturated rings. The number of amides is 1. The van der Waals surface area contributed by atoms with Gasteiger partial charge in [0.2, 0.25) is 0 Å². The number of hydrogen-bond acceptors (Lipinski definition) is 5. The van der Waals surface area contributed by atoms with Crippen molar-refractivity contribution < 1.29 is 9.21 Å². The van der Waals surface area contributed by atoms with Gasteiger partial charge in [-0.25, -0.2) is 14.6 Å². The van der Waals surface area contributed by atoms with Crippen LogP contribution in [0.4, 0.5) is 5.69 Å². The van der Waals surface area contributed by atoms with E-state index in [9.17, 15) is 4.79 Å². The Morgan fingerprint density at radius 2 is 2.10 bits per heavy atom. The molecule has 0 spiro atoms. The number of nitrogens with zero attached hydrogens (tertiary/aromatic N) is 4. The fourth-order valence-corrected chi connectivity index (χ4v) is 1.83. The monoisotopic (exact) mass is 333 g/mol. The highest BCUT2D eigenvalue weighted by Crippen LogP contribution is 2.15. The van der Waals surface area contributed by atoms with Gasteiger partial charge in [-0.2, -0.15) is 5.10 Å². The van der Waals surface area contributed by atoms with Crippen LogP contribution in [-0.2, 0) is 0 Å². The van der Waals surface area contributed by atoms with Crippen molar-refractivity contribution in [3.8, 4) is 5.95 Å². The van der Waals surface area contributed by atoms with Crippen molar-refractivity contribution in [3.05, 3.63) is 53.4 Å². The van der Waals surface area contributed by atoms with Gasteiger partial charge in [-0.3, -0.25) is 4.79 Å². The van der Waals surface area contributed by atoms with Crippen LogP contribution in [0.25, 0.3) is 5.95 Å². The molecule has 0 aliphatic carbocycles. The molecule has 1 amide bonds. The highest BCUT2D eigenvalue weighted by molar-refractivity contribution is 9.10. The van der Waals surface area contributed by atoms with Crippen LogP contribution in [0.3, 0.4) is 0 Å². The maximum absolute atomic E-state index is 11.8. The van der Waals surface area contributed by atoms with Crippen molar-refractivity contribution in [1.82, 2.24) is 19.7 Å².